The average Bonchev–Trinajstić information content (AvgIpc) is 2.25. The molecule has 0 spiro atoms. The molecule has 1 rings (SSSR count). The zero-order valence-electron chi connectivity index (χ0n) is 12.7. The van der Waals surface area contributed by atoms with Crippen molar-refractivity contribution < 1.29 is 33.5 Å². The van der Waals surface area contributed by atoms with Crippen LogP contribution in [0.15, 0.2) is 42.1 Å². The van der Waals surface area contributed by atoms with E-state index in [1.165, 1.54) is 11.1 Å². The molecule has 0 bridgehead atoms. The molecule has 0 aliphatic carbocycles. The van der Waals surface area contributed by atoms with E-state index in [0.29, 0.717) is 0 Å². The molecule has 0 aliphatic rings. The number of halogens is 1. The molecule has 0 heterocycles. The lowest BCUT2D eigenvalue weighted by Crippen LogP contribution is -2.68. The molecule has 21 heavy (non-hydrogen) atoms. The largest absolute Gasteiger partial charge is 0.383 e. The minimum atomic E-state index is -4.94. The third-order valence-electron chi connectivity index (χ3n) is 2.10. The third kappa shape index (κ3) is 14.8. The quantitative estimate of drug-likeness (QED) is 0.443. The number of hydrogen-bond donors (Lipinski definition) is 0. The Balaban J connectivity index is 0.000000690. The first-order valence-electron chi connectivity index (χ1n) is 6.12. The Morgan fingerprint density at radius 2 is 1.57 bits per heavy atom. The minimum Gasteiger partial charge on any atom is -0.383 e. The number of hydrogen-bond acceptors (Lipinski definition) is 5. The van der Waals surface area contributed by atoms with Gasteiger partial charge in [-0.25, -0.2) is 23.2 Å². The number of rotatable bonds is 4. The van der Waals surface area contributed by atoms with Crippen LogP contribution in [0.4, 0.5) is 0 Å². The Hall–Kier alpha value is -1.44. The lowest BCUT2D eigenvalue weighted by molar-refractivity contribution is -2.00. The van der Waals surface area contributed by atoms with E-state index < -0.39 is 10.2 Å². The van der Waals surface area contributed by atoms with Crippen LogP contribution in [0, 0.1) is 10.2 Å². The van der Waals surface area contributed by atoms with E-state index in [2.05, 4.69) is 80.4 Å². The highest BCUT2D eigenvalue weighted by molar-refractivity contribution is 5.74. The third-order valence-corrected chi connectivity index (χ3v) is 2.10. The van der Waals surface area contributed by atoms with Gasteiger partial charge in [0.2, 0.25) is 0 Å². The fourth-order valence-electron chi connectivity index (χ4n) is 1.62. The van der Waals surface area contributed by atoms with Crippen LogP contribution >= 0.6 is 0 Å². The maximum absolute atomic E-state index is 8.49. The Morgan fingerprint density at radius 3 is 1.95 bits per heavy atom. The summed E-state index contributed by atoms with van der Waals surface area (Å²) in [6.45, 7) is 0. The molecular weight excluding hydrogens is 296 g/mol. The van der Waals surface area contributed by atoms with Crippen LogP contribution in [0.25, 0.3) is 0 Å². The van der Waals surface area contributed by atoms with Crippen molar-refractivity contribution in [1.82, 2.24) is 4.90 Å². The van der Waals surface area contributed by atoms with Gasteiger partial charge in [0, 0.05) is 32.3 Å². The second-order valence-electron chi connectivity index (χ2n) is 4.80. The van der Waals surface area contributed by atoms with Crippen LogP contribution in [-0.2, 0) is 6.42 Å². The highest BCUT2D eigenvalue weighted by atomic mass is 35.7. The Morgan fingerprint density at radius 1 is 1.10 bits per heavy atom. The van der Waals surface area contributed by atoms with Crippen molar-refractivity contribution in [3.8, 4) is 0 Å². The van der Waals surface area contributed by atoms with Gasteiger partial charge in [0.05, 0.1) is 0 Å². The van der Waals surface area contributed by atoms with E-state index >= 15 is 0 Å². The van der Waals surface area contributed by atoms with Crippen molar-refractivity contribution in [1.29, 1.82) is 0 Å². The second-order valence-corrected chi connectivity index (χ2v) is 5.56. The fraction of sp³-hybridized carbons (Fsp3) is 0.357. The molecule has 0 N–H and O–H groups in total. The zero-order chi connectivity index (χ0) is 16.5. The summed E-state index contributed by atoms with van der Waals surface area (Å²) < 4.78 is 36.1. The van der Waals surface area contributed by atoms with E-state index in [9.17, 15) is 0 Å². The lowest BCUT2D eigenvalue weighted by atomic mass is 10.1. The summed E-state index contributed by atoms with van der Waals surface area (Å²) in [4.78, 5) is 2.08. The number of nitrogens with zero attached hydrogens (tertiary/aromatic N) is 2. The first-order chi connectivity index (χ1) is 9.58. The van der Waals surface area contributed by atoms with Gasteiger partial charge in [0.15, 0.2) is 6.21 Å². The molecule has 0 radical (unpaired) electrons. The van der Waals surface area contributed by atoms with E-state index in [0.717, 1.165) is 6.42 Å². The molecule has 7 heteroatoms. The molecule has 0 unspecified atom stereocenters. The molecule has 0 atom stereocenters. The molecule has 0 amide bonds. The van der Waals surface area contributed by atoms with Crippen LogP contribution in [0.5, 0.6) is 0 Å². The van der Waals surface area contributed by atoms with Crippen molar-refractivity contribution in [3.05, 3.63) is 47.7 Å². The summed E-state index contributed by atoms with van der Waals surface area (Å²) in [5.74, 6) is 0. The van der Waals surface area contributed by atoms with E-state index in [1.807, 2.05) is 0 Å². The standard InChI is InChI=1S/C14H21N2.ClHO4/c1-15(2)11-14(12-16(3)4)10-13-8-6-5-7-9-13;2-1(3,4)5/h5-9,11-12H,10H2,1-4H3;(H,2,3,4,5)/q+1;/p-1. The van der Waals surface area contributed by atoms with Gasteiger partial charge in [-0.2, -0.15) is 0 Å². The average molecular weight is 317 g/mol. The Kier molecular flexibility index (Phi) is 8.84. The van der Waals surface area contributed by atoms with Crippen LogP contribution in [-0.4, -0.2) is 43.9 Å². The summed E-state index contributed by atoms with van der Waals surface area (Å²) in [5, 5.41) is 0. The van der Waals surface area contributed by atoms with Crippen molar-refractivity contribution in [2.45, 2.75) is 6.42 Å². The normalized spacial score (nSPS) is 11.3. The minimum absolute atomic E-state index is 0.969. The van der Waals surface area contributed by atoms with Gasteiger partial charge in [-0.3, -0.25) is 0 Å². The van der Waals surface area contributed by atoms with E-state index in [1.54, 1.807) is 0 Å². The summed E-state index contributed by atoms with van der Waals surface area (Å²) in [6.07, 6.45) is 5.29. The fourth-order valence-corrected chi connectivity index (χ4v) is 1.62. The highest BCUT2D eigenvalue weighted by Crippen LogP contribution is 2.06. The van der Waals surface area contributed by atoms with Crippen molar-refractivity contribution in [3.63, 3.8) is 0 Å². The molecule has 0 saturated carbocycles. The predicted octanol–water partition coefficient (Wildman–Crippen LogP) is -2.74. The Labute approximate surface area is 127 Å². The van der Waals surface area contributed by atoms with Crippen molar-refractivity contribution in [2.75, 3.05) is 28.2 Å². The molecule has 1 aromatic carbocycles. The maximum Gasteiger partial charge on any atom is 0.167 e. The van der Waals surface area contributed by atoms with Crippen LogP contribution < -0.4 is 18.6 Å². The predicted molar refractivity (Wildman–Crippen MR) is 70.1 cm³/mol. The Bertz CT molecular complexity index is 458. The molecule has 0 saturated heterocycles. The lowest BCUT2D eigenvalue weighted by Gasteiger charge is -2.17. The SMILES string of the molecule is CN(C)/C=C(/C=[N+](C)C)Cc1ccccc1.[O-][Cl+3]([O-])([O-])[O-]. The first-order valence-corrected chi connectivity index (χ1v) is 7.35. The van der Waals surface area contributed by atoms with Crippen molar-refractivity contribution >= 4 is 6.21 Å². The maximum atomic E-state index is 8.49. The molecule has 6 nitrogen and oxygen atoms in total. The van der Waals surface area contributed by atoms with Gasteiger partial charge in [-0.15, -0.1) is 10.2 Å². The van der Waals surface area contributed by atoms with Gasteiger partial charge >= 0.3 is 0 Å². The molecule has 0 aromatic heterocycles. The molecule has 0 aliphatic heterocycles. The van der Waals surface area contributed by atoms with E-state index in [-0.39, 0.29) is 0 Å². The summed E-state index contributed by atoms with van der Waals surface area (Å²) in [7, 11) is 3.26. The molecule has 118 valence electrons. The topological polar surface area (TPSA) is 98.5 Å². The van der Waals surface area contributed by atoms with Crippen LogP contribution in [0.1, 0.15) is 5.56 Å². The van der Waals surface area contributed by atoms with Gasteiger partial charge in [-0.05, 0) is 5.56 Å². The highest BCUT2D eigenvalue weighted by Gasteiger charge is 2.01. The van der Waals surface area contributed by atoms with Crippen LogP contribution in [0.2, 0.25) is 0 Å². The van der Waals surface area contributed by atoms with Crippen LogP contribution in [0.3, 0.4) is 0 Å². The summed E-state index contributed by atoms with van der Waals surface area (Å²) >= 11 is 0. The molecule has 0 fully saturated rings. The van der Waals surface area contributed by atoms with Gasteiger partial charge in [-0.1, -0.05) is 30.3 Å². The number of allylic oxidation sites excluding steroid dienone is 1. The number of benzene rings is 1. The van der Waals surface area contributed by atoms with Gasteiger partial charge < -0.3 is 4.90 Å². The molecule has 1 aromatic rings. The summed E-state index contributed by atoms with van der Waals surface area (Å²) in [5.41, 5.74) is 2.65. The van der Waals surface area contributed by atoms with E-state index in [4.69, 9.17) is 18.6 Å². The van der Waals surface area contributed by atoms with Gasteiger partial charge in [0.1, 0.15) is 14.1 Å². The molecular formula is C14H21ClN2O4. The second kappa shape index (κ2) is 9.49. The zero-order valence-corrected chi connectivity index (χ0v) is 13.4. The van der Waals surface area contributed by atoms with Crippen molar-refractivity contribution in [2.24, 2.45) is 0 Å². The monoisotopic (exact) mass is 316 g/mol. The van der Waals surface area contributed by atoms with Gasteiger partial charge in [0.25, 0.3) is 0 Å². The smallest absolute Gasteiger partial charge is 0.167 e. The first kappa shape index (κ1) is 19.6. The summed E-state index contributed by atoms with van der Waals surface area (Å²) in [6, 6.07) is 10.5.